The summed E-state index contributed by atoms with van der Waals surface area (Å²) in [6, 6.07) is -0.864. The van der Waals surface area contributed by atoms with Gasteiger partial charge in [-0.05, 0) is 57.8 Å². The molecule has 0 radical (unpaired) electrons. The maximum Gasteiger partial charge on any atom is 0.472 e. The number of hydrogen-bond donors (Lipinski definition) is 3. The topological polar surface area (TPSA) is 105 Å². The minimum atomic E-state index is -4.34. The second-order valence-corrected chi connectivity index (χ2v) is 16.8. The van der Waals surface area contributed by atoms with Gasteiger partial charge in [-0.3, -0.25) is 13.8 Å². The third-order valence-corrected chi connectivity index (χ3v) is 10.1. The lowest BCUT2D eigenvalue weighted by Crippen LogP contribution is -2.45. The molecule has 3 atom stereocenters. The van der Waals surface area contributed by atoms with Gasteiger partial charge in [0.15, 0.2) is 0 Å². The zero-order valence-corrected chi connectivity index (χ0v) is 34.7. The van der Waals surface area contributed by atoms with E-state index in [9.17, 15) is 19.4 Å². The van der Waals surface area contributed by atoms with Gasteiger partial charge in [-0.25, -0.2) is 4.57 Å². The van der Waals surface area contributed by atoms with Gasteiger partial charge in [-0.15, -0.1) is 0 Å². The molecule has 0 aliphatic rings. The molecule has 0 spiro atoms. The van der Waals surface area contributed by atoms with Crippen LogP contribution >= 0.6 is 7.82 Å². The molecule has 0 aliphatic heterocycles. The van der Waals surface area contributed by atoms with E-state index in [2.05, 4.69) is 43.5 Å². The Hall–Kier alpha value is -1.28. The second kappa shape index (κ2) is 34.5. The number of allylic oxidation sites excluding steroid dienone is 5. The van der Waals surface area contributed by atoms with Crippen molar-refractivity contribution in [1.29, 1.82) is 0 Å². The van der Waals surface area contributed by atoms with E-state index in [0.29, 0.717) is 17.4 Å². The summed E-state index contributed by atoms with van der Waals surface area (Å²) in [5.41, 5.74) is 0. The van der Waals surface area contributed by atoms with E-state index < -0.39 is 20.0 Å². The predicted octanol–water partition coefficient (Wildman–Crippen LogP) is 11.1. The standard InChI is InChI=1S/C42H81N2O6P/c1-6-8-10-12-14-16-18-20-22-23-25-27-29-31-33-35-41(45)40(39-50-51(47,48)49-38-37-44(3,4)5)43-42(46)36-34-32-30-28-26-24-21-19-17-15-13-11-9-7-2/h19,21,25,27,33,35,40-41,45H,6-18,20,22-24,26,28-32,34,36-39H2,1-5H3,(H-,43,46,47,48)/p+1/b21-19-,27-25+,35-33+. The van der Waals surface area contributed by atoms with Crippen LogP contribution in [-0.2, 0) is 18.4 Å². The van der Waals surface area contributed by atoms with Gasteiger partial charge in [0.25, 0.3) is 0 Å². The van der Waals surface area contributed by atoms with Crippen molar-refractivity contribution in [3.05, 3.63) is 36.5 Å². The SMILES string of the molecule is CCCCCCC/C=C\CCCCCCCC(=O)NC(COP(=O)(O)OCC[N+](C)(C)C)C(O)/C=C/CC/C=C/CCCCCCCCCCC. The zero-order valence-electron chi connectivity index (χ0n) is 33.8. The molecule has 0 rings (SSSR count). The van der Waals surface area contributed by atoms with E-state index in [1.165, 1.54) is 103 Å². The van der Waals surface area contributed by atoms with E-state index >= 15 is 0 Å². The summed E-state index contributed by atoms with van der Waals surface area (Å²) in [5, 5.41) is 13.8. The molecule has 300 valence electrons. The number of carbonyl (C=O) groups is 1. The lowest BCUT2D eigenvalue weighted by atomic mass is 10.1. The molecule has 1 amide bonds. The molecule has 0 fully saturated rings. The van der Waals surface area contributed by atoms with E-state index in [1.54, 1.807) is 6.08 Å². The number of rotatable bonds is 37. The Balaban J connectivity index is 4.55. The van der Waals surface area contributed by atoms with E-state index in [4.69, 9.17) is 9.05 Å². The molecule has 8 nitrogen and oxygen atoms in total. The average Bonchev–Trinajstić information content (AvgIpc) is 3.07. The van der Waals surface area contributed by atoms with Crippen LogP contribution in [0.1, 0.15) is 174 Å². The highest BCUT2D eigenvalue weighted by atomic mass is 31.2. The highest BCUT2D eigenvalue weighted by molar-refractivity contribution is 7.47. The quantitative estimate of drug-likeness (QED) is 0.0253. The minimum Gasteiger partial charge on any atom is -0.387 e. The van der Waals surface area contributed by atoms with Crippen molar-refractivity contribution >= 4 is 13.7 Å². The van der Waals surface area contributed by atoms with Crippen LogP contribution < -0.4 is 5.32 Å². The number of carbonyl (C=O) groups excluding carboxylic acids is 1. The Morgan fingerprint density at radius 2 is 1.08 bits per heavy atom. The Bertz CT molecular complexity index is 933. The third-order valence-electron chi connectivity index (χ3n) is 9.08. The molecule has 0 aliphatic carbocycles. The molecule has 51 heavy (non-hydrogen) atoms. The van der Waals surface area contributed by atoms with Crippen molar-refractivity contribution in [3.63, 3.8) is 0 Å². The number of nitrogens with one attached hydrogen (secondary N) is 1. The number of aliphatic hydroxyl groups is 1. The molecular weight excluding hydrogens is 659 g/mol. The van der Waals surface area contributed by atoms with Crippen LogP contribution in [0.2, 0.25) is 0 Å². The van der Waals surface area contributed by atoms with Crippen LogP contribution in [0, 0.1) is 0 Å². The number of amides is 1. The predicted molar refractivity (Wildman–Crippen MR) is 217 cm³/mol. The smallest absolute Gasteiger partial charge is 0.387 e. The first kappa shape index (κ1) is 49.7. The van der Waals surface area contributed by atoms with Crippen LogP contribution in [0.25, 0.3) is 0 Å². The van der Waals surface area contributed by atoms with E-state index in [-0.39, 0.29) is 19.1 Å². The molecule has 0 aromatic rings. The van der Waals surface area contributed by atoms with Gasteiger partial charge in [0.05, 0.1) is 39.9 Å². The van der Waals surface area contributed by atoms with Gasteiger partial charge in [0, 0.05) is 6.42 Å². The fourth-order valence-electron chi connectivity index (χ4n) is 5.70. The summed E-state index contributed by atoms with van der Waals surface area (Å²) in [6.45, 7) is 4.76. The van der Waals surface area contributed by atoms with Gasteiger partial charge in [-0.2, -0.15) is 0 Å². The molecule has 0 aromatic heterocycles. The summed E-state index contributed by atoms with van der Waals surface area (Å²) in [4.78, 5) is 23.0. The van der Waals surface area contributed by atoms with Crippen LogP contribution in [0.5, 0.6) is 0 Å². The molecule has 0 saturated heterocycles. The van der Waals surface area contributed by atoms with E-state index in [0.717, 1.165) is 51.4 Å². The Morgan fingerprint density at radius 1 is 0.647 bits per heavy atom. The van der Waals surface area contributed by atoms with Crippen molar-refractivity contribution in [2.75, 3.05) is 40.9 Å². The lowest BCUT2D eigenvalue weighted by molar-refractivity contribution is -0.870. The molecule has 0 bridgehead atoms. The summed E-state index contributed by atoms with van der Waals surface area (Å²) in [6.07, 6.45) is 40.6. The second-order valence-electron chi connectivity index (χ2n) is 15.4. The number of nitrogens with zero attached hydrogens (tertiary/aromatic N) is 1. The lowest BCUT2D eigenvalue weighted by Gasteiger charge is -2.25. The third kappa shape index (κ3) is 36.9. The Labute approximate surface area is 315 Å². The van der Waals surface area contributed by atoms with Gasteiger partial charge in [0.1, 0.15) is 13.2 Å². The summed E-state index contributed by atoms with van der Waals surface area (Å²) in [5.74, 6) is -0.198. The van der Waals surface area contributed by atoms with Crippen molar-refractivity contribution in [2.24, 2.45) is 0 Å². The van der Waals surface area contributed by atoms with Gasteiger partial charge >= 0.3 is 7.82 Å². The molecule has 9 heteroatoms. The number of likely N-dealkylation sites (N-methyl/N-ethyl adjacent to an activating group) is 1. The van der Waals surface area contributed by atoms with E-state index in [1.807, 2.05) is 27.2 Å². The number of phosphoric ester groups is 1. The van der Waals surface area contributed by atoms with Crippen LogP contribution in [-0.4, -0.2) is 73.4 Å². The largest absolute Gasteiger partial charge is 0.472 e. The molecule has 3 unspecified atom stereocenters. The maximum atomic E-state index is 12.8. The highest BCUT2D eigenvalue weighted by Crippen LogP contribution is 2.43. The van der Waals surface area contributed by atoms with Gasteiger partial charge in [-0.1, -0.05) is 147 Å². The number of quaternary nitrogens is 1. The Morgan fingerprint density at radius 3 is 1.57 bits per heavy atom. The fourth-order valence-corrected chi connectivity index (χ4v) is 6.43. The highest BCUT2D eigenvalue weighted by Gasteiger charge is 2.27. The number of phosphoric acid groups is 1. The van der Waals surface area contributed by atoms with Crippen molar-refractivity contribution in [2.45, 2.75) is 187 Å². The zero-order chi connectivity index (χ0) is 37.9. The summed E-state index contributed by atoms with van der Waals surface area (Å²) in [7, 11) is 1.55. The molecule has 3 N–H and O–H groups in total. The van der Waals surface area contributed by atoms with Gasteiger partial charge < -0.3 is 19.8 Å². The van der Waals surface area contributed by atoms with Crippen molar-refractivity contribution in [1.82, 2.24) is 5.32 Å². The summed E-state index contributed by atoms with van der Waals surface area (Å²) >= 11 is 0. The molecule has 0 heterocycles. The van der Waals surface area contributed by atoms with Crippen molar-refractivity contribution < 1.29 is 32.9 Å². The molecule has 0 aromatic carbocycles. The summed E-state index contributed by atoms with van der Waals surface area (Å²) < 4.78 is 23.5. The molecule has 0 saturated carbocycles. The fraction of sp³-hybridized carbons (Fsp3) is 0.833. The van der Waals surface area contributed by atoms with Crippen LogP contribution in [0.3, 0.4) is 0 Å². The normalized spacial score (nSPS) is 14.9. The average molecular weight is 742 g/mol. The van der Waals surface area contributed by atoms with Crippen LogP contribution in [0.15, 0.2) is 36.5 Å². The first-order valence-electron chi connectivity index (χ1n) is 20.9. The number of unbranched alkanes of at least 4 members (excludes halogenated alkanes) is 20. The first-order valence-corrected chi connectivity index (χ1v) is 22.4. The first-order chi connectivity index (χ1) is 24.5. The Kier molecular flexibility index (Phi) is 33.6. The number of aliphatic hydroxyl groups excluding tert-OH is 1. The van der Waals surface area contributed by atoms with Crippen LogP contribution in [0.4, 0.5) is 0 Å². The maximum absolute atomic E-state index is 12.8. The minimum absolute atomic E-state index is 0.0544. The molecular formula is C42H82N2O6P+. The van der Waals surface area contributed by atoms with Gasteiger partial charge in [0.2, 0.25) is 5.91 Å². The monoisotopic (exact) mass is 742 g/mol. The van der Waals surface area contributed by atoms with Crippen molar-refractivity contribution in [3.8, 4) is 0 Å². The number of hydrogen-bond acceptors (Lipinski definition) is 5.